The summed E-state index contributed by atoms with van der Waals surface area (Å²) in [7, 11) is 0. The van der Waals surface area contributed by atoms with Gasteiger partial charge >= 0.3 is 0 Å². The van der Waals surface area contributed by atoms with Gasteiger partial charge in [-0.1, -0.05) is 226 Å². The van der Waals surface area contributed by atoms with E-state index in [2.05, 4.69) is 292 Å². The lowest BCUT2D eigenvalue weighted by atomic mass is 9.83. The Labute approximate surface area is 586 Å². The molecular weight excluding hydrogens is 1240 g/mol. The summed E-state index contributed by atoms with van der Waals surface area (Å²) in [6.07, 6.45) is 12.7. The molecule has 0 saturated heterocycles. The molecule has 0 atom stereocenters. The third-order valence-corrected chi connectivity index (χ3v) is 24.3. The normalized spacial score (nSPS) is 14.8. The first-order chi connectivity index (χ1) is 48.9. The number of hydrogen-bond donors (Lipinski definition) is 0. The Balaban J connectivity index is 0.800. The lowest BCUT2D eigenvalue weighted by Gasteiger charge is -2.29. The van der Waals surface area contributed by atoms with Crippen molar-refractivity contribution in [3.05, 3.63) is 259 Å². The van der Waals surface area contributed by atoms with Crippen molar-refractivity contribution < 1.29 is 8.83 Å². The molecule has 0 bridgehead atoms. The highest BCUT2D eigenvalue weighted by atomic mass is 32.1. The van der Waals surface area contributed by atoms with E-state index >= 15 is 0 Å². The first-order valence-corrected chi connectivity index (χ1v) is 37.4. The minimum absolute atomic E-state index is 0.0576. The maximum absolute atomic E-state index is 7.16. The number of thiophene rings is 1. The van der Waals surface area contributed by atoms with E-state index in [0.717, 1.165) is 61.8 Å². The van der Waals surface area contributed by atoms with E-state index in [0.29, 0.717) is 11.8 Å². The number of nitrogens with zero attached hydrogens (tertiary/aromatic N) is 3. The zero-order valence-electron chi connectivity index (χ0n) is 57.8. The summed E-state index contributed by atoms with van der Waals surface area (Å²) in [6.45, 7) is 13.9. The van der Waals surface area contributed by atoms with Gasteiger partial charge in [0.25, 0.3) is 0 Å². The topological polar surface area (TPSA) is 37.2 Å². The predicted octanol–water partition coefficient (Wildman–Crippen LogP) is 28.6. The number of rotatable bonds is 9. The molecule has 2 aliphatic rings. The Morgan fingerprint density at radius 3 is 1.48 bits per heavy atom. The Bertz CT molecular complexity index is 6350. The summed E-state index contributed by atoms with van der Waals surface area (Å²) in [4.78, 5) is 5.03. The molecular formula is C94H79N3O2S. The lowest BCUT2D eigenvalue weighted by molar-refractivity contribution is 0.442. The third-order valence-electron chi connectivity index (χ3n) is 23.2. The van der Waals surface area contributed by atoms with Crippen molar-refractivity contribution in [1.29, 1.82) is 0 Å². The van der Waals surface area contributed by atoms with Gasteiger partial charge in [-0.25, -0.2) is 0 Å². The summed E-state index contributed by atoms with van der Waals surface area (Å²) >= 11 is 1.93. The van der Waals surface area contributed by atoms with Gasteiger partial charge in [0, 0.05) is 109 Å². The van der Waals surface area contributed by atoms with Gasteiger partial charge in [0.2, 0.25) is 0 Å². The summed E-state index contributed by atoms with van der Waals surface area (Å²) in [5.74, 6) is 1.06. The standard InChI is InChI=1S/C94H79N3O2S/c1-93(2,3)60-28-18-30-62(51-60)95(64-39-41-69-73-36-20-34-66(57-24-12-8-13-25-57)90(73)98-83(69)53-64)81-49-46-76-86-72-43-44-77-87-71-33-17-16-32-68(71)82(55-85(87)100-92(77)75(72)45-48-80(86)97-79-47-38-59(56-22-10-7-11-23-56)50-78(79)88(81)89(76)97)96(63-31-19-29-61(52-63)94(4,5)6)65-40-42-70-74-37-21-35-67(58-26-14-9-15-27-58)91(74)99-84(70)54-65/h7,10-11,16-23,28-55,57-58H,8-9,12-15,24-27H2,1-6H3. The number of anilines is 6. The van der Waals surface area contributed by atoms with Crippen LogP contribution in [0.4, 0.5) is 34.1 Å². The van der Waals surface area contributed by atoms with Gasteiger partial charge in [-0.3, -0.25) is 0 Å². The minimum Gasteiger partial charge on any atom is -0.456 e. The van der Waals surface area contributed by atoms with E-state index in [4.69, 9.17) is 8.83 Å². The maximum atomic E-state index is 7.16. The molecule has 5 aromatic heterocycles. The lowest BCUT2D eigenvalue weighted by Crippen LogP contribution is -2.14. The number of aromatic nitrogens is 1. The smallest absolute Gasteiger partial charge is 0.138 e. The van der Waals surface area contributed by atoms with E-state index in [1.807, 2.05) is 11.3 Å². The molecule has 2 fully saturated rings. The molecule has 0 amide bonds. The average Bonchev–Trinajstić information content (AvgIpc) is 1.52. The largest absolute Gasteiger partial charge is 0.456 e. The van der Waals surface area contributed by atoms with Crippen molar-refractivity contribution in [3.63, 3.8) is 0 Å². The van der Waals surface area contributed by atoms with Gasteiger partial charge < -0.3 is 23.0 Å². The number of furan rings is 2. The van der Waals surface area contributed by atoms with Crippen molar-refractivity contribution in [2.24, 2.45) is 0 Å². The zero-order chi connectivity index (χ0) is 66.9. The molecule has 2 saturated carbocycles. The minimum atomic E-state index is -0.0789. The van der Waals surface area contributed by atoms with Gasteiger partial charge in [-0.05, 0) is 171 Å². The van der Waals surface area contributed by atoms with Gasteiger partial charge in [0.05, 0.1) is 27.9 Å². The van der Waals surface area contributed by atoms with Crippen molar-refractivity contribution in [2.75, 3.05) is 9.80 Å². The monoisotopic (exact) mass is 1310 g/mol. The molecule has 13 aromatic carbocycles. The molecule has 6 heteroatoms. The molecule has 0 aliphatic heterocycles. The molecule has 5 nitrogen and oxygen atoms in total. The Hall–Kier alpha value is -10.4. The van der Waals surface area contributed by atoms with Crippen LogP contribution in [0.3, 0.4) is 0 Å². The van der Waals surface area contributed by atoms with Crippen LogP contribution in [-0.4, -0.2) is 4.40 Å². The fourth-order valence-corrected chi connectivity index (χ4v) is 19.4. The van der Waals surface area contributed by atoms with Crippen molar-refractivity contribution in [1.82, 2.24) is 4.40 Å². The molecule has 18 aromatic rings. The van der Waals surface area contributed by atoms with Crippen LogP contribution in [0.15, 0.2) is 245 Å². The third kappa shape index (κ3) is 9.24. The Kier molecular flexibility index (Phi) is 13.5. The van der Waals surface area contributed by atoms with Gasteiger partial charge in [0.15, 0.2) is 0 Å². The highest BCUT2D eigenvalue weighted by molar-refractivity contribution is 7.27. The van der Waals surface area contributed by atoms with Crippen molar-refractivity contribution >= 4 is 169 Å². The van der Waals surface area contributed by atoms with Gasteiger partial charge in [-0.2, -0.15) is 0 Å². The molecule has 0 spiro atoms. The van der Waals surface area contributed by atoms with E-state index in [9.17, 15) is 0 Å². The average molecular weight is 1310 g/mol. The van der Waals surface area contributed by atoms with Crippen LogP contribution in [0, 0.1) is 0 Å². The first kappa shape index (κ1) is 59.6. The van der Waals surface area contributed by atoms with Crippen LogP contribution in [-0.2, 0) is 10.8 Å². The van der Waals surface area contributed by atoms with E-state index in [1.165, 1.54) is 194 Å². The van der Waals surface area contributed by atoms with Crippen LogP contribution < -0.4 is 9.80 Å². The molecule has 0 radical (unpaired) electrons. The maximum Gasteiger partial charge on any atom is 0.138 e. The second-order valence-electron chi connectivity index (χ2n) is 31.2. The molecule has 5 heterocycles. The fourth-order valence-electron chi connectivity index (χ4n) is 18.1. The second kappa shape index (κ2) is 22.6. The Morgan fingerprint density at radius 1 is 0.350 bits per heavy atom. The van der Waals surface area contributed by atoms with Gasteiger partial charge in [-0.15, -0.1) is 11.3 Å². The van der Waals surface area contributed by atoms with E-state index < -0.39 is 0 Å². The zero-order valence-corrected chi connectivity index (χ0v) is 58.6. The number of hydrogen-bond acceptors (Lipinski definition) is 5. The van der Waals surface area contributed by atoms with Crippen LogP contribution >= 0.6 is 11.3 Å². The Morgan fingerprint density at radius 2 is 0.860 bits per heavy atom. The van der Waals surface area contributed by atoms with Crippen molar-refractivity contribution in [2.45, 2.75) is 128 Å². The molecule has 488 valence electrons. The van der Waals surface area contributed by atoms with E-state index in [1.54, 1.807) is 0 Å². The van der Waals surface area contributed by atoms with Gasteiger partial charge in [0.1, 0.15) is 22.3 Å². The van der Waals surface area contributed by atoms with Crippen LogP contribution in [0.1, 0.15) is 140 Å². The molecule has 100 heavy (non-hydrogen) atoms. The highest BCUT2D eigenvalue weighted by Gasteiger charge is 2.31. The van der Waals surface area contributed by atoms with E-state index in [-0.39, 0.29) is 10.8 Å². The van der Waals surface area contributed by atoms with Crippen LogP contribution in [0.5, 0.6) is 0 Å². The highest BCUT2D eigenvalue weighted by Crippen LogP contribution is 2.54. The number of para-hydroxylation sites is 2. The molecule has 0 unspecified atom stereocenters. The molecule has 0 N–H and O–H groups in total. The summed E-state index contributed by atoms with van der Waals surface area (Å²) < 4.78 is 19.4. The second-order valence-corrected chi connectivity index (χ2v) is 32.2. The summed E-state index contributed by atoms with van der Waals surface area (Å²) in [5.41, 5.74) is 21.8. The van der Waals surface area contributed by atoms with Crippen LogP contribution in [0.2, 0.25) is 0 Å². The van der Waals surface area contributed by atoms with Crippen molar-refractivity contribution in [3.8, 4) is 11.1 Å². The molecule has 2 aliphatic carbocycles. The number of fused-ring (bicyclic) bond motifs is 20. The SMILES string of the molecule is CC(C)(C)c1cccc(N(c2ccc3c(c2)oc2c(C4CCCCC4)cccc23)c2cc3sc4c5ccc6c(c5ccc4c3c3ccccc23)c2ccc(N(c3cccc(C(C)(C)C)c3)c3ccc4c(c3)oc3c(C5CCCCC5)cccc34)c3c4cc(-c5ccccc5)ccc4n6c23)c1. The predicted molar refractivity (Wildman–Crippen MR) is 427 cm³/mol. The summed E-state index contributed by atoms with van der Waals surface area (Å²) in [6, 6.07) is 90.3. The first-order valence-electron chi connectivity index (χ1n) is 36.6. The van der Waals surface area contributed by atoms with Crippen LogP contribution in [0.25, 0.3) is 135 Å². The summed E-state index contributed by atoms with van der Waals surface area (Å²) in [5, 5.41) is 17.3. The fraction of sp³-hybridized carbons (Fsp3) is 0.213. The number of benzene rings is 13. The molecule has 20 rings (SSSR count). The quantitative estimate of drug-likeness (QED) is 0.144.